The molecule has 1 aliphatic rings. The number of rotatable bonds is 9. The van der Waals surface area contributed by atoms with Gasteiger partial charge in [0.25, 0.3) is 0 Å². The summed E-state index contributed by atoms with van der Waals surface area (Å²) in [4.78, 5) is 32.4. The number of para-hydroxylation sites is 2. The molecular formula is C32H38N4O3. The lowest BCUT2D eigenvalue weighted by molar-refractivity contribution is 0.0535. The van der Waals surface area contributed by atoms with Crippen molar-refractivity contribution < 1.29 is 9.90 Å². The van der Waals surface area contributed by atoms with E-state index in [1.54, 1.807) is 4.90 Å². The van der Waals surface area contributed by atoms with E-state index in [-0.39, 0.29) is 23.8 Å². The Bertz CT molecular complexity index is 1390. The summed E-state index contributed by atoms with van der Waals surface area (Å²) in [5.41, 5.74) is 4.04. The number of likely N-dealkylation sites (tertiary alicyclic amines) is 1. The Morgan fingerprint density at radius 1 is 0.949 bits per heavy atom. The number of fused-ring (bicyclic) bond motifs is 1. The van der Waals surface area contributed by atoms with Gasteiger partial charge >= 0.3 is 11.8 Å². The van der Waals surface area contributed by atoms with Crippen LogP contribution >= 0.6 is 0 Å². The number of nitrogens with zero attached hydrogens (tertiary/aromatic N) is 3. The van der Waals surface area contributed by atoms with Crippen LogP contribution in [-0.4, -0.2) is 49.2 Å². The van der Waals surface area contributed by atoms with E-state index in [4.69, 9.17) is 0 Å². The van der Waals surface area contributed by atoms with Gasteiger partial charge < -0.3 is 15.0 Å². The van der Waals surface area contributed by atoms with Gasteiger partial charge in [-0.25, -0.2) is 9.59 Å². The van der Waals surface area contributed by atoms with Crippen LogP contribution < -0.4 is 5.69 Å². The molecule has 0 radical (unpaired) electrons. The van der Waals surface area contributed by atoms with Crippen molar-refractivity contribution in [3.63, 3.8) is 0 Å². The number of hydrogen-bond acceptors (Lipinski definition) is 3. The van der Waals surface area contributed by atoms with Crippen LogP contribution in [0.15, 0.2) is 89.7 Å². The molecule has 204 valence electrons. The van der Waals surface area contributed by atoms with Gasteiger partial charge in [-0.2, -0.15) is 0 Å². The summed E-state index contributed by atoms with van der Waals surface area (Å²) in [6.45, 7) is 6.43. The number of hydrogen-bond donors (Lipinski definition) is 2. The highest BCUT2D eigenvalue weighted by molar-refractivity contribution is 5.75. The third-order valence-electron chi connectivity index (χ3n) is 8.13. The second-order valence-corrected chi connectivity index (χ2v) is 11.0. The normalized spacial score (nSPS) is 18.6. The van der Waals surface area contributed by atoms with Crippen molar-refractivity contribution >= 4 is 17.1 Å². The lowest BCUT2D eigenvalue weighted by Gasteiger charge is -2.43. The minimum Gasteiger partial charge on any atom is -0.465 e. The molecule has 3 aromatic carbocycles. The first-order chi connectivity index (χ1) is 18.9. The number of benzene rings is 3. The second-order valence-electron chi connectivity index (χ2n) is 11.0. The molecule has 2 unspecified atom stereocenters. The lowest BCUT2D eigenvalue weighted by atomic mass is 9.87. The number of aromatic nitrogens is 2. The van der Waals surface area contributed by atoms with Gasteiger partial charge in [0.05, 0.1) is 11.0 Å². The van der Waals surface area contributed by atoms with Crippen LogP contribution in [0.2, 0.25) is 0 Å². The Balaban J connectivity index is 1.45. The number of imidazole rings is 1. The average Bonchev–Trinajstić information content (AvgIpc) is 3.27. The first-order valence-corrected chi connectivity index (χ1v) is 13.9. The molecule has 7 heteroatoms. The van der Waals surface area contributed by atoms with Crippen LogP contribution in [0.1, 0.15) is 50.3 Å². The fraction of sp³-hybridized carbons (Fsp3) is 0.375. The maximum absolute atomic E-state index is 13.0. The molecule has 1 saturated heterocycles. The zero-order valence-electron chi connectivity index (χ0n) is 22.7. The highest BCUT2D eigenvalue weighted by Crippen LogP contribution is 2.33. The molecular weight excluding hydrogens is 488 g/mol. The molecule has 1 fully saturated rings. The molecule has 1 amide bonds. The summed E-state index contributed by atoms with van der Waals surface area (Å²) in [6.07, 6.45) is 1.05. The van der Waals surface area contributed by atoms with E-state index < -0.39 is 6.09 Å². The third-order valence-corrected chi connectivity index (χ3v) is 8.13. The van der Waals surface area contributed by atoms with Crippen LogP contribution in [0.5, 0.6) is 0 Å². The number of carbonyl (C=O) groups is 1. The number of H-pyrrole nitrogens is 1. The number of amides is 1. The van der Waals surface area contributed by atoms with Gasteiger partial charge in [0.1, 0.15) is 0 Å². The van der Waals surface area contributed by atoms with Crippen molar-refractivity contribution in [2.45, 2.75) is 64.3 Å². The highest BCUT2D eigenvalue weighted by atomic mass is 16.4. The van der Waals surface area contributed by atoms with Crippen molar-refractivity contribution in [2.24, 2.45) is 5.92 Å². The smallest absolute Gasteiger partial charge is 0.407 e. The van der Waals surface area contributed by atoms with Gasteiger partial charge in [0.2, 0.25) is 0 Å². The van der Waals surface area contributed by atoms with Crippen LogP contribution in [0.3, 0.4) is 0 Å². The molecule has 0 saturated carbocycles. The first-order valence-electron chi connectivity index (χ1n) is 13.9. The maximum atomic E-state index is 13.0. The molecule has 0 aliphatic carbocycles. The van der Waals surface area contributed by atoms with Crippen LogP contribution in [-0.2, 0) is 13.1 Å². The monoisotopic (exact) mass is 526 g/mol. The topological polar surface area (TPSA) is 81.6 Å². The quantitative estimate of drug-likeness (QED) is 0.275. The predicted molar refractivity (Wildman–Crippen MR) is 155 cm³/mol. The van der Waals surface area contributed by atoms with E-state index in [0.717, 1.165) is 24.1 Å². The Hall–Kier alpha value is -3.84. The predicted octanol–water partition coefficient (Wildman–Crippen LogP) is 6.13. The van der Waals surface area contributed by atoms with Gasteiger partial charge in [0.15, 0.2) is 0 Å². The van der Waals surface area contributed by atoms with Crippen molar-refractivity contribution in [2.75, 3.05) is 6.54 Å². The Labute approximate surface area is 229 Å². The molecule has 3 atom stereocenters. The molecule has 7 nitrogen and oxygen atoms in total. The molecule has 4 aromatic rings. The van der Waals surface area contributed by atoms with E-state index in [1.165, 1.54) is 11.1 Å². The molecule has 2 N–H and O–H groups in total. The number of carboxylic acid groups (broad SMARTS) is 1. The summed E-state index contributed by atoms with van der Waals surface area (Å²) in [5, 5.41) is 10.1. The van der Waals surface area contributed by atoms with E-state index >= 15 is 0 Å². The van der Waals surface area contributed by atoms with Crippen LogP contribution in [0.4, 0.5) is 4.79 Å². The maximum Gasteiger partial charge on any atom is 0.407 e. The average molecular weight is 527 g/mol. The van der Waals surface area contributed by atoms with Crippen molar-refractivity contribution in [3.8, 4) is 0 Å². The minimum atomic E-state index is -0.884. The third kappa shape index (κ3) is 6.09. The molecule has 1 aliphatic heterocycles. The van der Waals surface area contributed by atoms with E-state index in [9.17, 15) is 14.7 Å². The molecule has 5 rings (SSSR count). The minimum absolute atomic E-state index is 0.0567. The largest absolute Gasteiger partial charge is 0.465 e. The molecule has 0 spiro atoms. The zero-order chi connectivity index (χ0) is 27.4. The first kappa shape index (κ1) is 26.8. The van der Waals surface area contributed by atoms with Crippen LogP contribution in [0, 0.1) is 5.92 Å². The Kier molecular flexibility index (Phi) is 8.17. The second kappa shape index (κ2) is 11.9. The van der Waals surface area contributed by atoms with Crippen molar-refractivity contribution in [1.29, 1.82) is 0 Å². The van der Waals surface area contributed by atoms with Gasteiger partial charge in [-0.15, -0.1) is 0 Å². The van der Waals surface area contributed by atoms with Crippen molar-refractivity contribution in [3.05, 3.63) is 107 Å². The van der Waals surface area contributed by atoms with E-state index in [1.807, 2.05) is 41.0 Å². The fourth-order valence-electron chi connectivity index (χ4n) is 6.22. The Morgan fingerprint density at radius 2 is 1.54 bits per heavy atom. The molecule has 0 bridgehead atoms. The molecule has 2 heterocycles. The number of aromatic amines is 1. The van der Waals surface area contributed by atoms with Crippen LogP contribution in [0.25, 0.3) is 11.0 Å². The summed E-state index contributed by atoms with van der Waals surface area (Å²) < 4.78 is 1.84. The summed E-state index contributed by atoms with van der Waals surface area (Å²) in [5.74, 6) is 0.309. The Morgan fingerprint density at radius 3 is 2.13 bits per heavy atom. The fourth-order valence-corrected chi connectivity index (χ4v) is 6.22. The highest BCUT2D eigenvalue weighted by Gasteiger charge is 2.37. The van der Waals surface area contributed by atoms with Gasteiger partial charge in [-0.05, 0) is 48.4 Å². The van der Waals surface area contributed by atoms with E-state index in [2.05, 4.69) is 72.3 Å². The standard InChI is InChI=1S/C32H38N4O3/c1-23(2)30(34(21-24-11-5-3-6-12-24)22-25-13-7-4-8-14-25)20-27-19-26(17-18-35(27)32(38)39)36-29-16-10-9-15-28(29)33-31(36)37/h3-16,23,26-27,30H,17-22H2,1-2H3,(H,33,37)(H,38,39)/t26?,27?,30-/m0/s1. The SMILES string of the molecule is CC(C)[C@H](CC1CC(n2c(=O)[nH]c3ccccc32)CCN1C(=O)O)N(Cc1ccccc1)Cc1ccccc1. The van der Waals surface area contributed by atoms with E-state index in [0.29, 0.717) is 31.7 Å². The summed E-state index contributed by atoms with van der Waals surface area (Å²) in [7, 11) is 0. The molecule has 39 heavy (non-hydrogen) atoms. The number of piperidine rings is 1. The molecule has 1 aromatic heterocycles. The van der Waals surface area contributed by atoms with Gasteiger partial charge in [-0.3, -0.25) is 9.47 Å². The van der Waals surface area contributed by atoms with Crippen molar-refractivity contribution in [1.82, 2.24) is 19.4 Å². The number of nitrogens with one attached hydrogen (secondary N) is 1. The lowest BCUT2D eigenvalue weighted by Crippen LogP contribution is -2.51. The van der Waals surface area contributed by atoms with Gasteiger partial charge in [0, 0.05) is 37.8 Å². The summed E-state index contributed by atoms with van der Waals surface area (Å²) in [6, 6.07) is 28.6. The van der Waals surface area contributed by atoms with Gasteiger partial charge in [-0.1, -0.05) is 86.6 Å². The summed E-state index contributed by atoms with van der Waals surface area (Å²) >= 11 is 0. The zero-order valence-corrected chi connectivity index (χ0v) is 22.7.